The SMILES string of the molecule is Cc1cc(Cl)cc(C)c1Oc1ccc(Cl)cc1NC(=O)c1ccc(=O)n(C)n1. The van der Waals surface area contributed by atoms with Crippen LogP contribution in [-0.4, -0.2) is 15.7 Å². The molecule has 3 aromatic rings. The number of halogens is 2. The average Bonchev–Trinajstić information content (AvgIpc) is 2.62. The van der Waals surface area contributed by atoms with Gasteiger partial charge in [-0.05, 0) is 61.4 Å². The molecule has 2 aromatic carbocycles. The predicted octanol–water partition coefficient (Wildman–Crippen LogP) is 4.75. The minimum atomic E-state index is -0.493. The minimum absolute atomic E-state index is 0.0897. The van der Waals surface area contributed by atoms with Gasteiger partial charge in [0.2, 0.25) is 0 Å². The molecule has 144 valence electrons. The number of hydrogen-bond donors (Lipinski definition) is 1. The van der Waals surface area contributed by atoms with Crippen molar-refractivity contribution in [3.05, 3.63) is 79.7 Å². The van der Waals surface area contributed by atoms with Crippen LogP contribution in [0.3, 0.4) is 0 Å². The summed E-state index contributed by atoms with van der Waals surface area (Å²) in [5.74, 6) is 0.561. The van der Waals surface area contributed by atoms with Crippen LogP contribution in [-0.2, 0) is 7.05 Å². The molecule has 1 aromatic heterocycles. The number of hydrogen-bond acceptors (Lipinski definition) is 4. The van der Waals surface area contributed by atoms with Crippen molar-refractivity contribution < 1.29 is 9.53 Å². The van der Waals surface area contributed by atoms with Gasteiger partial charge in [0.1, 0.15) is 11.4 Å². The molecule has 1 heterocycles. The number of anilines is 1. The fourth-order valence-corrected chi connectivity index (χ4v) is 3.17. The molecule has 0 spiro atoms. The number of aromatic nitrogens is 2. The van der Waals surface area contributed by atoms with E-state index in [1.165, 1.54) is 19.2 Å². The van der Waals surface area contributed by atoms with Gasteiger partial charge in [-0.15, -0.1) is 0 Å². The first-order valence-electron chi connectivity index (χ1n) is 8.34. The standard InChI is InChI=1S/C20H17Cl2N3O3/c1-11-8-14(22)9-12(2)19(11)28-17-6-4-13(21)10-16(17)23-20(27)15-5-7-18(26)25(3)24-15/h4-10H,1-3H3,(H,23,27). The number of nitrogens with zero attached hydrogens (tertiary/aromatic N) is 2. The molecule has 0 unspecified atom stereocenters. The highest BCUT2D eigenvalue weighted by Gasteiger charge is 2.15. The van der Waals surface area contributed by atoms with Crippen LogP contribution < -0.4 is 15.6 Å². The summed E-state index contributed by atoms with van der Waals surface area (Å²) in [7, 11) is 1.47. The molecule has 6 nitrogen and oxygen atoms in total. The van der Waals surface area contributed by atoms with Crippen molar-refractivity contribution in [1.29, 1.82) is 0 Å². The van der Waals surface area contributed by atoms with E-state index in [1.54, 1.807) is 30.3 Å². The number of amides is 1. The first-order valence-corrected chi connectivity index (χ1v) is 9.10. The molecule has 0 aliphatic rings. The van der Waals surface area contributed by atoms with Gasteiger partial charge in [-0.25, -0.2) is 4.68 Å². The molecule has 3 rings (SSSR count). The number of rotatable bonds is 4. The van der Waals surface area contributed by atoms with Gasteiger partial charge in [0, 0.05) is 23.2 Å². The Balaban J connectivity index is 1.94. The lowest BCUT2D eigenvalue weighted by Gasteiger charge is -2.16. The molecule has 1 amide bonds. The summed E-state index contributed by atoms with van der Waals surface area (Å²) < 4.78 is 7.14. The van der Waals surface area contributed by atoms with Crippen molar-refractivity contribution in [2.24, 2.45) is 7.05 Å². The highest BCUT2D eigenvalue weighted by atomic mass is 35.5. The van der Waals surface area contributed by atoms with Crippen LogP contribution in [0.4, 0.5) is 5.69 Å². The Labute approximate surface area is 171 Å². The van der Waals surface area contributed by atoms with Gasteiger partial charge in [0.25, 0.3) is 11.5 Å². The quantitative estimate of drug-likeness (QED) is 0.664. The number of ether oxygens (including phenoxy) is 1. The minimum Gasteiger partial charge on any atom is -0.455 e. The molecule has 8 heteroatoms. The van der Waals surface area contributed by atoms with Crippen molar-refractivity contribution in [3.8, 4) is 11.5 Å². The maximum absolute atomic E-state index is 12.6. The first kappa shape index (κ1) is 19.9. The van der Waals surface area contributed by atoms with Gasteiger partial charge in [-0.1, -0.05) is 23.2 Å². The van der Waals surface area contributed by atoms with E-state index in [-0.39, 0.29) is 11.3 Å². The smallest absolute Gasteiger partial charge is 0.276 e. The zero-order valence-electron chi connectivity index (χ0n) is 15.4. The van der Waals surface area contributed by atoms with Crippen LogP contribution in [0, 0.1) is 13.8 Å². The second-order valence-electron chi connectivity index (χ2n) is 6.25. The van der Waals surface area contributed by atoms with Crippen LogP contribution in [0.5, 0.6) is 11.5 Å². The molecule has 1 N–H and O–H groups in total. The summed E-state index contributed by atoms with van der Waals surface area (Å²) in [6, 6.07) is 11.1. The van der Waals surface area contributed by atoms with Gasteiger partial charge in [-0.2, -0.15) is 5.10 Å². The van der Waals surface area contributed by atoms with Crippen molar-refractivity contribution >= 4 is 34.8 Å². The van der Waals surface area contributed by atoms with Gasteiger partial charge >= 0.3 is 0 Å². The lowest BCUT2D eigenvalue weighted by Crippen LogP contribution is -2.23. The van der Waals surface area contributed by atoms with E-state index in [2.05, 4.69) is 10.4 Å². The Bertz CT molecular complexity index is 1100. The van der Waals surface area contributed by atoms with E-state index in [1.807, 2.05) is 13.8 Å². The molecule has 0 bridgehead atoms. The Morgan fingerprint density at radius 3 is 2.36 bits per heavy atom. The molecular formula is C20H17Cl2N3O3. The lowest BCUT2D eigenvalue weighted by molar-refractivity contribution is 0.101. The fraction of sp³-hybridized carbons (Fsp3) is 0.150. The normalized spacial score (nSPS) is 10.6. The highest BCUT2D eigenvalue weighted by molar-refractivity contribution is 6.31. The topological polar surface area (TPSA) is 73.2 Å². The van der Waals surface area contributed by atoms with E-state index in [0.29, 0.717) is 27.2 Å². The average molecular weight is 418 g/mol. The summed E-state index contributed by atoms with van der Waals surface area (Å²) in [5.41, 5.74) is 1.87. The molecule has 0 radical (unpaired) electrons. The predicted molar refractivity (Wildman–Crippen MR) is 110 cm³/mol. The van der Waals surface area contributed by atoms with E-state index in [4.69, 9.17) is 27.9 Å². The molecule has 0 fully saturated rings. The van der Waals surface area contributed by atoms with Gasteiger partial charge < -0.3 is 10.1 Å². The van der Waals surface area contributed by atoms with Crippen molar-refractivity contribution in [1.82, 2.24) is 9.78 Å². The second-order valence-corrected chi connectivity index (χ2v) is 7.12. The monoisotopic (exact) mass is 417 g/mol. The van der Waals surface area contributed by atoms with E-state index >= 15 is 0 Å². The number of benzene rings is 2. The van der Waals surface area contributed by atoms with E-state index < -0.39 is 5.91 Å². The number of carbonyl (C=O) groups is 1. The van der Waals surface area contributed by atoms with Crippen LogP contribution in [0.1, 0.15) is 21.6 Å². The summed E-state index contributed by atoms with van der Waals surface area (Å²) in [5, 5.41) is 7.73. The maximum atomic E-state index is 12.6. The molecule has 28 heavy (non-hydrogen) atoms. The second kappa shape index (κ2) is 8.04. The fourth-order valence-electron chi connectivity index (χ4n) is 2.67. The lowest BCUT2D eigenvalue weighted by atomic mass is 10.1. The highest BCUT2D eigenvalue weighted by Crippen LogP contribution is 2.36. The van der Waals surface area contributed by atoms with Gasteiger partial charge in [-0.3, -0.25) is 9.59 Å². The van der Waals surface area contributed by atoms with Crippen LogP contribution in [0.2, 0.25) is 10.0 Å². The molecular weight excluding hydrogens is 401 g/mol. The zero-order valence-corrected chi connectivity index (χ0v) is 16.9. The summed E-state index contributed by atoms with van der Waals surface area (Å²) in [4.78, 5) is 24.0. The van der Waals surface area contributed by atoms with E-state index in [9.17, 15) is 9.59 Å². The summed E-state index contributed by atoms with van der Waals surface area (Å²) in [6.45, 7) is 3.77. The number of carbonyl (C=O) groups excluding carboxylic acids is 1. The Morgan fingerprint density at radius 2 is 1.71 bits per heavy atom. The first-order chi connectivity index (χ1) is 13.2. The Morgan fingerprint density at radius 1 is 1.04 bits per heavy atom. The van der Waals surface area contributed by atoms with Crippen LogP contribution in [0.15, 0.2) is 47.3 Å². The molecule has 0 aliphatic carbocycles. The molecule has 0 saturated heterocycles. The maximum Gasteiger partial charge on any atom is 0.276 e. The van der Waals surface area contributed by atoms with Crippen molar-refractivity contribution in [2.45, 2.75) is 13.8 Å². The Hall–Kier alpha value is -2.83. The van der Waals surface area contributed by atoms with Crippen LogP contribution >= 0.6 is 23.2 Å². The van der Waals surface area contributed by atoms with Gasteiger partial charge in [0.05, 0.1) is 5.69 Å². The van der Waals surface area contributed by atoms with Crippen molar-refractivity contribution in [2.75, 3.05) is 5.32 Å². The number of aryl methyl sites for hydroxylation is 3. The third-order valence-electron chi connectivity index (χ3n) is 4.02. The third kappa shape index (κ3) is 4.35. The van der Waals surface area contributed by atoms with Crippen LogP contribution in [0.25, 0.3) is 0 Å². The Kier molecular flexibility index (Phi) is 5.72. The van der Waals surface area contributed by atoms with Crippen molar-refractivity contribution in [3.63, 3.8) is 0 Å². The van der Waals surface area contributed by atoms with Gasteiger partial charge in [0.15, 0.2) is 5.75 Å². The summed E-state index contributed by atoms with van der Waals surface area (Å²) >= 11 is 12.2. The zero-order chi connectivity index (χ0) is 20.4. The third-order valence-corrected chi connectivity index (χ3v) is 4.47. The molecule has 0 atom stereocenters. The molecule has 0 saturated carbocycles. The largest absolute Gasteiger partial charge is 0.455 e. The summed E-state index contributed by atoms with van der Waals surface area (Å²) in [6.07, 6.45) is 0. The molecule has 0 aliphatic heterocycles. The van der Waals surface area contributed by atoms with E-state index in [0.717, 1.165) is 15.8 Å². The number of nitrogens with one attached hydrogen (secondary N) is 1.